The molecule has 7 heteroatoms. The largest absolute Gasteiger partial charge is 0.481 e. The number of nitrogens with one attached hydrogen (secondary N) is 1. The number of halogens is 4. The number of alkyl halides is 3. The van der Waals surface area contributed by atoms with E-state index in [9.17, 15) is 13.2 Å². The van der Waals surface area contributed by atoms with Crippen LogP contribution in [0.4, 0.5) is 18.9 Å². The molecule has 21 heavy (non-hydrogen) atoms. The Morgan fingerprint density at radius 2 is 2.00 bits per heavy atom. The van der Waals surface area contributed by atoms with Crippen LogP contribution in [-0.2, 0) is 12.7 Å². The fourth-order valence-corrected chi connectivity index (χ4v) is 1.91. The summed E-state index contributed by atoms with van der Waals surface area (Å²) in [6.45, 7) is 0.210. The molecular formula is C14H12ClF3N2O. The molecule has 0 bridgehead atoms. The third-order valence-electron chi connectivity index (χ3n) is 2.78. The number of hydrogen-bond donors (Lipinski definition) is 1. The standard InChI is InChI=1S/C14H12ClF3N2O/c1-21-13-5-2-9(8-20-13)7-19-12-4-3-10(15)6-11(12)14(16,17)18/h2-6,8,19H,7H2,1H3. The summed E-state index contributed by atoms with van der Waals surface area (Å²) in [5.74, 6) is 0.446. The first-order valence-electron chi connectivity index (χ1n) is 5.99. The fraction of sp³-hybridized carbons (Fsp3) is 0.214. The minimum Gasteiger partial charge on any atom is -0.481 e. The van der Waals surface area contributed by atoms with Gasteiger partial charge in [0.15, 0.2) is 0 Å². The van der Waals surface area contributed by atoms with Crippen LogP contribution in [0.5, 0.6) is 5.88 Å². The molecule has 112 valence electrons. The van der Waals surface area contributed by atoms with E-state index in [-0.39, 0.29) is 17.3 Å². The van der Waals surface area contributed by atoms with Crippen molar-refractivity contribution in [2.24, 2.45) is 0 Å². The van der Waals surface area contributed by atoms with Gasteiger partial charge in [0.2, 0.25) is 5.88 Å². The molecule has 1 heterocycles. The van der Waals surface area contributed by atoms with Gasteiger partial charge in [-0.25, -0.2) is 4.98 Å². The van der Waals surface area contributed by atoms with Gasteiger partial charge in [-0.2, -0.15) is 13.2 Å². The molecule has 0 atom stereocenters. The smallest absolute Gasteiger partial charge is 0.418 e. The maximum Gasteiger partial charge on any atom is 0.418 e. The summed E-state index contributed by atoms with van der Waals surface area (Å²) >= 11 is 5.62. The van der Waals surface area contributed by atoms with E-state index in [2.05, 4.69) is 10.3 Å². The third kappa shape index (κ3) is 4.01. The lowest BCUT2D eigenvalue weighted by molar-refractivity contribution is -0.136. The highest BCUT2D eigenvalue weighted by atomic mass is 35.5. The zero-order chi connectivity index (χ0) is 15.5. The van der Waals surface area contributed by atoms with E-state index in [1.54, 1.807) is 12.1 Å². The molecule has 1 N–H and O–H groups in total. The molecule has 0 saturated carbocycles. The van der Waals surface area contributed by atoms with Crippen LogP contribution in [0.2, 0.25) is 5.02 Å². The highest BCUT2D eigenvalue weighted by Crippen LogP contribution is 2.36. The molecule has 0 spiro atoms. The summed E-state index contributed by atoms with van der Waals surface area (Å²) in [4.78, 5) is 3.99. The molecule has 1 aromatic heterocycles. The molecule has 0 fully saturated rings. The summed E-state index contributed by atoms with van der Waals surface area (Å²) < 4.78 is 43.7. The van der Waals surface area contributed by atoms with Crippen molar-refractivity contribution in [1.29, 1.82) is 0 Å². The van der Waals surface area contributed by atoms with Crippen LogP contribution in [0, 0.1) is 0 Å². The molecule has 0 saturated heterocycles. The zero-order valence-corrected chi connectivity index (χ0v) is 11.8. The van der Waals surface area contributed by atoms with Gasteiger partial charge in [-0.3, -0.25) is 0 Å². The summed E-state index contributed by atoms with van der Waals surface area (Å²) in [6.07, 6.45) is -2.93. The van der Waals surface area contributed by atoms with Crippen LogP contribution in [0.1, 0.15) is 11.1 Å². The predicted molar refractivity (Wildman–Crippen MR) is 74.6 cm³/mol. The van der Waals surface area contributed by atoms with Crippen LogP contribution >= 0.6 is 11.6 Å². The van der Waals surface area contributed by atoms with Gasteiger partial charge in [-0.1, -0.05) is 17.7 Å². The number of anilines is 1. The van der Waals surface area contributed by atoms with Gasteiger partial charge in [0.1, 0.15) is 0 Å². The van der Waals surface area contributed by atoms with Gasteiger partial charge in [0.25, 0.3) is 0 Å². The molecule has 0 amide bonds. The van der Waals surface area contributed by atoms with Gasteiger partial charge in [0.05, 0.1) is 12.7 Å². The summed E-state index contributed by atoms with van der Waals surface area (Å²) in [6, 6.07) is 6.98. The van der Waals surface area contributed by atoms with Crippen molar-refractivity contribution in [2.45, 2.75) is 12.7 Å². The Labute approximate surface area is 124 Å². The Morgan fingerprint density at radius 1 is 1.24 bits per heavy atom. The van der Waals surface area contributed by atoms with Crippen LogP contribution in [0.15, 0.2) is 36.5 Å². The molecular weight excluding hydrogens is 305 g/mol. The molecule has 0 aliphatic carbocycles. The van der Waals surface area contributed by atoms with Gasteiger partial charge < -0.3 is 10.1 Å². The topological polar surface area (TPSA) is 34.1 Å². The SMILES string of the molecule is COc1ccc(CNc2ccc(Cl)cc2C(F)(F)F)cn1. The molecule has 0 aliphatic rings. The van der Waals surface area contributed by atoms with Crippen molar-refractivity contribution in [3.63, 3.8) is 0 Å². The second-order valence-electron chi connectivity index (χ2n) is 4.25. The maximum atomic E-state index is 12.9. The molecule has 2 rings (SSSR count). The number of benzene rings is 1. The maximum absolute atomic E-state index is 12.9. The van der Waals surface area contributed by atoms with E-state index >= 15 is 0 Å². The minimum atomic E-state index is -4.47. The van der Waals surface area contributed by atoms with Crippen LogP contribution in [-0.4, -0.2) is 12.1 Å². The lowest BCUT2D eigenvalue weighted by atomic mass is 10.1. The van der Waals surface area contributed by atoms with Crippen LogP contribution < -0.4 is 10.1 Å². The van der Waals surface area contributed by atoms with Crippen molar-refractivity contribution >= 4 is 17.3 Å². The Bertz CT molecular complexity index is 615. The number of nitrogens with zero attached hydrogens (tertiary/aromatic N) is 1. The van der Waals surface area contributed by atoms with Crippen molar-refractivity contribution in [2.75, 3.05) is 12.4 Å². The summed E-state index contributed by atoms with van der Waals surface area (Å²) in [5, 5.41) is 2.78. The lowest BCUT2D eigenvalue weighted by Gasteiger charge is -2.15. The summed E-state index contributed by atoms with van der Waals surface area (Å²) in [5.41, 5.74) is -0.0851. The highest BCUT2D eigenvalue weighted by molar-refractivity contribution is 6.30. The monoisotopic (exact) mass is 316 g/mol. The van der Waals surface area contributed by atoms with E-state index in [1.165, 1.54) is 25.4 Å². The van der Waals surface area contributed by atoms with E-state index in [0.29, 0.717) is 5.88 Å². The number of ether oxygens (including phenoxy) is 1. The minimum absolute atomic E-state index is 0.0253. The zero-order valence-electron chi connectivity index (χ0n) is 11.0. The quantitative estimate of drug-likeness (QED) is 0.909. The number of pyridine rings is 1. The number of rotatable bonds is 4. The van der Waals surface area contributed by atoms with E-state index in [1.807, 2.05) is 0 Å². The molecule has 0 unspecified atom stereocenters. The molecule has 0 aliphatic heterocycles. The third-order valence-corrected chi connectivity index (χ3v) is 3.01. The Balaban J connectivity index is 2.15. The first-order chi connectivity index (χ1) is 9.90. The first kappa shape index (κ1) is 15.4. The number of methoxy groups -OCH3 is 1. The average molecular weight is 317 g/mol. The van der Waals surface area contributed by atoms with Gasteiger partial charge >= 0.3 is 6.18 Å². The van der Waals surface area contributed by atoms with E-state index in [0.717, 1.165) is 11.6 Å². The molecule has 0 radical (unpaired) electrons. The average Bonchev–Trinajstić information content (AvgIpc) is 2.45. The summed E-state index contributed by atoms with van der Waals surface area (Å²) in [7, 11) is 1.49. The van der Waals surface area contributed by atoms with Crippen molar-refractivity contribution < 1.29 is 17.9 Å². The predicted octanol–water partition coefficient (Wildman–Crippen LogP) is 4.37. The van der Waals surface area contributed by atoms with Crippen molar-refractivity contribution in [3.05, 3.63) is 52.7 Å². The second kappa shape index (κ2) is 6.22. The second-order valence-corrected chi connectivity index (χ2v) is 4.69. The van der Waals surface area contributed by atoms with Crippen molar-refractivity contribution in [1.82, 2.24) is 4.98 Å². The molecule has 3 nitrogen and oxygen atoms in total. The number of hydrogen-bond acceptors (Lipinski definition) is 3. The van der Waals surface area contributed by atoms with Gasteiger partial charge in [0, 0.05) is 29.5 Å². The number of aromatic nitrogens is 1. The molecule has 1 aromatic carbocycles. The van der Waals surface area contributed by atoms with Crippen LogP contribution in [0.3, 0.4) is 0 Å². The fourth-order valence-electron chi connectivity index (χ4n) is 1.74. The van der Waals surface area contributed by atoms with E-state index < -0.39 is 11.7 Å². The Morgan fingerprint density at radius 3 is 2.57 bits per heavy atom. The van der Waals surface area contributed by atoms with Gasteiger partial charge in [-0.05, 0) is 23.8 Å². The van der Waals surface area contributed by atoms with Gasteiger partial charge in [-0.15, -0.1) is 0 Å². The normalized spacial score (nSPS) is 11.3. The lowest BCUT2D eigenvalue weighted by Crippen LogP contribution is -2.11. The Hall–Kier alpha value is -1.95. The van der Waals surface area contributed by atoms with E-state index in [4.69, 9.17) is 16.3 Å². The highest BCUT2D eigenvalue weighted by Gasteiger charge is 2.33. The van der Waals surface area contributed by atoms with Crippen LogP contribution in [0.25, 0.3) is 0 Å². The first-order valence-corrected chi connectivity index (χ1v) is 6.37. The molecule has 2 aromatic rings. The Kier molecular flexibility index (Phi) is 4.57. The van der Waals surface area contributed by atoms with Crippen molar-refractivity contribution in [3.8, 4) is 5.88 Å².